The van der Waals surface area contributed by atoms with Crippen LogP contribution >= 0.6 is 84.0 Å². The smallest absolute Gasteiger partial charge is 0.0555 e. The first-order valence-electron chi connectivity index (χ1n) is 21.8. The molecule has 0 saturated heterocycles. The van der Waals surface area contributed by atoms with Gasteiger partial charge in [0.25, 0.3) is 0 Å². The van der Waals surface area contributed by atoms with E-state index in [1.807, 2.05) is 22.7 Å². The van der Waals surface area contributed by atoms with Gasteiger partial charge in [-0.25, -0.2) is 0 Å². The van der Waals surface area contributed by atoms with Crippen molar-refractivity contribution in [3.8, 4) is 0 Å². The third-order valence-electron chi connectivity index (χ3n) is 12.4. The first kappa shape index (κ1) is 58.7. The van der Waals surface area contributed by atoms with E-state index in [9.17, 15) is 0 Å². The molecule has 0 saturated carbocycles. The number of hydrogen-bond acceptors (Lipinski definition) is 8. The number of hydrogen-bond donors (Lipinski definition) is 1. The molecule has 4 heterocycles. The molecule has 0 aliphatic carbocycles. The number of rotatable bonds is 1. The van der Waals surface area contributed by atoms with E-state index in [0.29, 0.717) is 0 Å². The van der Waals surface area contributed by atoms with Crippen LogP contribution in [-0.2, 0) is 118 Å². The van der Waals surface area contributed by atoms with Crippen LogP contribution in [0.25, 0.3) is 40.3 Å². The lowest BCUT2D eigenvalue weighted by Crippen LogP contribution is -2.30. The van der Waals surface area contributed by atoms with Gasteiger partial charge in [-0.1, -0.05) is 173 Å². The summed E-state index contributed by atoms with van der Waals surface area (Å²) in [5.74, 6) is 0. The van der Waals surface area contributed by atoms with Gasteiger partial charge in [0.15, 0.2) is 0 Å². The number of para-hydroxylation sites is 4. The predicted molar refractivity (Wildman–Crippen MR) is 368 cm³/mol. The Bertz CT molecular complexity index is 3790. The molecule has 19 heteroatoms. The summed E-state index contributed by atoms with van der Waals surface area (Å²) in [6.07, 6.45) is 0. The summed E-state index contributed by atoms with van der Waals surface area (Å²) in [5.41, 5.74) is 11.7. The summed E-state index contributed by atoms with van der Waals surface area (Å²) >= 11 is 32.7. The SMILES string of the molecule is Brc1cccc2sc3cccc(Br)c3c12.CC1(C)c2ccccc2N(c2cccc3sc4cccc(Br)c4c23)c2ccccc21.CC1(C)c2ccccc2Nc2ccccc21.S.S=S=S=S=S.S=S=S=S=S=S. The fourth-order valence-corrected chi connectivity index (χ4v) is 21.9. The molecule has 10 aromatic rings. The molecule has 0 amide bonds. The van der Waals surface area contributed by atoms with Crippen molar-refractivity contribution in [1.82, 2.24) is 0 Å². The van der Waals surface area contributed by atoms with Gasteiger partial charge in [0.05, 0.1) is 17.1 Å². The molecule has 12 rings (SSSR count). The quantitative estimate of drug-likeness (QED) is 0.175. The van der Waals surface area contributed by atoms with Gasteiger partial charge in [-0.05, 0) is 95.1 Å². The first-order valence-corrected chi connectivity index (χ1v) is 37.9. The van der Waals surface area contributed by atoms with Crippen molar-refractivity contribution >= 4 is 260 Å². The van der Waals surface area contributed by atoms with E-state index in [4.69, 9.17) is 0 Å². The minimum atomic E-state index is -0.0467. The fraction of sp³-hybridized carbons (Fsp3) is 0.111. The van der Waals surface area contributed by atoms with Crippen molar-refractivity contribution in [2.45, 2.75) is 38.5 Å². The molecule has 2 aliphatic rings. The fourth-order valence-electron chi connectivity index (χ4n) is 9.30. The van der Waals surface area contributed by atoms with Gasteiger partial charge in [0, 0.05) is 183 Å². The minimum Gasteiger partial charge on any atom is -0.355 e. The second kappa shape index (κ2) is 27.1. The third kappa shape index (κ3) is 12.8. The standard InChI is InChI=1S/C27H20BrNS.C15H15N.C12H6Br2S.S6.S5.H2S/c1-27(2)17-9-3-5-12-20(17)29(21-13-6-4-10-18(21)27)22-14-8-16-24-26(22)25-19(28)11-7-15-23(25)30-24;1-15(2)11-7-3-5-9-13(11)16-14-10-6-4-8-12(14)15;13-7-3-1-5-9-11(7)12-8(14)4-2-6-10(12)15-9;1-3-5-6-4-2;1-3-5-4-2;/h3-16H,1-2H3;3-10,16H,1-2H3;1-6H;;;1H2. The summed E-state index contributed by atoms with van der Waals surface area (Å²) in [5, 5.41) is 8.73. The number of fused-ring (bicyclic) bond motifs is 10. The van der Waals surface area contributed by atoms with Crippen LogP contribution in [-0.4, -0.2) is 0 Å². The van der Waals surface area contributed by atoms with Crippen LogP contribution < -0.4 is 10.2 Å². The van der Waals surface area contributed by atoms with Gasteiger partial charge >= 0.3 is 0 Å². The summed E-state index contributed by atoms with van der Waals surface area (Å²) in [6, 6.07) is 60.6. The molecular formula is C54H43Br3N2S14. The van der Waals surface area contributed by atoms with Crippen molar-refractivity contribution in [3.05, 3.63) is 206 Å². The zero-order valence-corrected chi connectivity index (χ0v) is 55.4. The number of anilines is 5. The van der Waals surface area contributed by atoms with E-state index >= 15 is 0 Å². The number of nitrogens with zero attached hydrogens (tertiary/aromatic N) is 1. The predicted octanol–water partition coefficient (Wildman–Crippen LogP) is 18.7. The van der Waals surface area contributed by atoms with Crippen LogP contribution in [0.15, 0.2) is 183 Å². The van der Waals surface area contributed by atoms with E-state index in [-0.39, 0.29) is 24.3 Å². The average Bonchev–Trinajstić information content (AvgIpc) is 3.99. The minimum absolute atomic E-state index is 0. The van der Waals surface area contributed by atoms with Crippen molar-refractivity contribution in [2.24, 2.45) is 0 Å². The molecule has 2 aromatic heterocycles. The lowest BCUT2D eigenvalue weighted by Gasteiger charge is -2.42. The Kier molecular flexibility index (Phi) is 21.8. The van der Waals surface area contributed by atoms with Crippen LogP contribution in [0.3, 0.4) is 0 Å². The second-order valence-corrected chi connectivity index (χ2v) is 34.1. The van der Waals surface area contributed by atoms with Crippen molar-refractivity contribution < 1.29 is 0 Å². The topological polar surface area (TPSA) is 15.3 Å². The highest BCUT2D eigenvalue weighted by atomic mass is 79.9. The van der Waals surface area contributed by atoms with Crippen molar-refractivity contribution in [3.63, 3.8) is 0 Å². The molecule has 2 nitrogen and oxygen atoms in total. The lowest BCUT2D eigenvalue weighted by molar-refractivity contribution is 0.632. The highest BCUT2D eigenvalue weighted by Crippen LogP contribution is 2.54. The zero-order valence-electron chi connectivity index (χ0n) is 39.1. The van der Waals surface area contributed by atoms with Crippen LogP contribution in [0.1, 0.15) is 49.9 Å². The molecule has 0 unspecified atom stereocenters. The number of halogens is 3. The molecule has 0 bridgehead atoms. The van der Waals surface area contributed by atoms with Crippen LogP contribution in [0.2, 0.25) is 0 Å². The van der Waals surface area contributed by atoms with Gasteiger partial charge in [0.1, 0.15) is 0 Å². The Labute approximate surface area is 507 Å². The Morgan fingerprint density at radius 3 is 1.10 bits per heavy atom. The van der Waals surface area contributed by atoms with E-state index in [1.165, 1.54) is 153 Å². The molecule has 73 heavy (non-hydrogen) atoms. The largest absolute Gasteiger partial charge is 0.355 e. The molecule has 0 radical (unpaired) electrons. The van der Waals surface area contributed by atoms with Crippen molar-refractivity contribution in [1.29, 1.82) is 0 Å². The van der Waals surface area contributed by atoms with Gasteiger partial charge in [0.2, 0.25) is 0 Å². The molecule has 374 valence electrons. The first-order chi connectivity index (χ1) is 34.9. The van der Waals surface area contributed by atoms with Crippen molar-refractivity contribution in [2.75, 3.05) is 10.2 Å². The Hall–Kier alpha value is -1.99. The molecule has 2 aliphatic heterocycles. The maximum Gasteiger partial charge on any atom is 0.0555 e. The number of benzene rings is 8. The second-order valence-electron chi connectivity index (χ2n) is 17.0. The van der Waals surface area contributed by atoms with E-state index in [0.717, 1.165) is 13.4 Å². The molecule has 0 spiro atoms. The molecule has 8 aromatic carbocycles. The van der Waals surface area contributed by atoms with E-state index in [2.05, 4.69) is 300 Å². The Morgan fingerprint density at radius 1 is 0.384 bits per heavy atom. The van der Waals surface area contributed by atoms with Gasteiger partial charge in [-0.2, -0.15) is 13.5 Å². The molecule has 0 fully saturated rings. The van der Waals surface area contributed by atoms with Gasteiger partial charge < -0.3 is 10.2 Å². The maximum atomic E-state index is 4.52. The third-order valence-corrected chi connectivity index (χ3v) is 27.7. The zero-order chi connectivity index (χ0) is 51.0. The molecule has 0 atom stereocenters. The van der Waals surface area contributed by atoms with Gasteiger partial charge in [-0.3, -0.25) is 0 Å². The van der Waals surface area contributed by atoms with Gasteiger partial charge in [-0.15, -0.1) is 22.7 Å². The van der Waals surface area contributed by atoms with E-state index < -0.39 is 0 Å². The van der Waals surface area contributed by atoms with Crippen LogP contribution in [0.5, 0.6) is 0 Å². The Morgan fingerprint density at radius 2 is 0.699 bits per heavy atom. The monoisotopic (exact) mass is 1400 g/mol. The van der Waals surface area contributed by atoms with Crippen LogP contribution in [0.4, 0.5) is 28.4 Å². The average molecular weight is 1410 g/mol. The summed E-state index contributed by atoms with van der Waals surface area (Å²) < 4.78 is 8.76. The van der Waals surface area contributed by atoms with E-state index in [1.54, 1.807) is 0 Å². The maximum absolute atomic E-state index is 4.52. The highest BCUT2D eigenvalue weighted by Gasteiger charge is 2.37. The highest BCUT2D eigenvalue weighted by molar-refractivity contribution is 9.11. The normalized spacial score (nSPS) is 12.7. The summed E-state index contributed by atoms with van der Waals surface area (Å²) in [7, 11) is 9.58. The number of nitrogens with one attached hydrogen (secondary N) is 1. The molecule has 1 N–H and O–H groups in total. The lowest BCUT2D eigenvalue weighted by atomic mass is 9.73. The number of thiophene rings is 2. The summed E-state index contributed by atoms with van der Waals surface area (Å²) in [4.78, 5) is 2.46. The van der Waals surface area contributed by atoms with Crippen LogP contribution in [0, 0.1) is 0 Å². The summed E-state index contributed by atoms with van der Waals surface area (Å²) in [6.45, 7) is 9.23. The molecular weight excluding hydrogens is 1370 g/mol. The Balaban J connectivity index is 0.000000154.